The number of aromatic nitrogens is 3. The maximum atomic E-state index is 6.43. The minimum atomic E-state index is 0.189. The first kappa shape index (κ1) is 16.5. The van der Waals surface area contributed by atoms with Gasteiger partial charge in [0.1, 0.15) is 0 Å². The van der Waals surface area contributed by atoms with Crippen molar-refractivity contribution in [3.8, 4) is 0 Å². The molecule has 1 atom stereocenters. The lowest BCUT2D eigenvalue weighted by Crippen LogP contribution is -2.25. The molecule has 2 heterocycles. The molecule has 116 valence electrons. The monoisotopic (exact) mass is 326 g/mol. The summed E-state index contributed by atoms with van der Waals surface area (Å²) in [7, 11) is 0. The van der Waals surface area contributed by atoms with Gasteiger partial charge in [-0.15, -0.1) is 11.3 Å². The standard InChI is InChI=1S/C15H23ClN4S/c1-5-7-17-12(13-9-21-11(4)18-13)8-14-15(16)10(3)19-20(14)6-2/h9,12,17H,5-8H2,1-4H3. The largest absolute Gasteiger partial charge is 0.308 e. The molecule has 0 amide bonds. The van der Waals surface area contributed by atoms with Crippen molar-refractivity contribution in [2.45, 2.75) is 53.1 Å². The highest BCUT2D eigenvalue weighted by Gasteiger charge is 2.20. The molecule has 1 N–H and O–H groups in total. The Balaban J connectivity index is 2.26. The van der Waals surface area contributed by atoms with Gasteiger partial charge < -0.3 is 5.32 Å². The third-order valence-electron chi connectivity index (χ3n) is 3.48. The Hall–Kier alpha value is -0.910. The highest BCUT2D eigenvalue weighted by atomic mass is 35.5. The predicted molar refractivity (Wildman–Crippen MR) is 89.2 cm³/mol. The van der Waals surface area contributed by atoms with E-state index in [1.54, 1.807) is 11.3 Å². The highest BCUT2D eigenvalue weighted by molar-refractivity contribution is 7.09. The van der Waals surface area contributed by atoms with Crippen LogP contribution >= 0.6 is 22.9 Å². The first-order valence-electron chi connectivity index (χ1n) is 7.44. The Morgan fingerprint density at radius 2 is 2.14 bits per heavy atom. The summed E-state index contributed by atoms with van der Waals surface area (Å²) in [4.78, 5) is 4.64. The van der Waals surface area contributed by atoms with Crippen molar-refractivity contribution in [1.29, 1.82) is 0 Å². The lowest BCUT2D eigenvalue weighted by Gasteiger charge is -2.17. The molecule has 0 fully saturated rings. The second-order valence-corrected chi connectivity index (χ2v) is 6.60. The number of nitrogens with zero attached hydrogens (tertiary/aromatic N) is 3. The van der Waals surface area contributed by atoms with Crippen LogP contribution in [0, 0.1) is 13.8 Å². The van der Waals surface area contributed by atoms with Crippen LogP contribution < -0.4 is 5.32 Å². The van der Waals surface area contributed by atoms with E-state index in [0.29, 0.717) is 0 Å². The van der Waals surface area contributed by atoms with Gasteiger partial charge in [-0.3, -0.25) is 4.68 Å². The Kier molecular flexibility index (Phi) is 5.79. The minimum Gasteiger partial charge on any atom is -0.308 e. The number of hydrogen-bond acceptors (Lipinski definition) is 4. The van der Waals surface area contributed by atoms with Crippen molar-refractivity contribution >= 4 is 22.9 Å². The van der Waals surface area contributed by atoms with E-state index < -0.39 is 0 Å². The van der Waals surface area contributed by atoms with Gasteiger partial charge in [-0.25, -0.2) is 4.98 Å². The van der Waals surface area contributed by atoms with Crippen LogP contribution in [0.2, 0.25) is 5.02 Å². The number of halogens is 1. The van der Waals surface area contributed by atoms with Crippen LogP contribution in [-0.2, 0) is 13.0 Å². The van der Waals surface area contributed by atoms with Crippen molar-refractivity contribution in [2.75, 3.05) is 6.54 Å². The van der Waals surface area contributed by atoms with Gasteiger partial charge in [-0.1, -0.05) is 18.5 Å². The molecule has 0 aliphatic heterocycles. The van der Waals surface area contributed by atoms with E-state index in [2.05, 4.69) is 34.6 Å². The van der Waals surface area contributed by atoms with E-state index >= 15 is 0 Å². The van der Waals surface area contributed by atoms with Gasteiger partial charge in [0.25, 0.3) is 0 Å². The highest BCUT2D eigenvalue weighted by Crippen LogP contribution is 2.27. The van der Waals surface area contributed by atoms with E-state index in [1.165, 1.54) is 0 Å². The average molecular weight is 327 g/mol. The molecule has 4 nitrogen and oxygen atoms in total. The van der Waals surface area contributed by atoms with Crippen molar-refractivity contribution in [3.63, 3.8) is 0 Å². The topological polar surface area (TPSA) is 42.7 Å². The van der Waals surface area contributed by atoms with Gasteiger partial charge in [0.05, 0.1) is 33.2 Å². The van der Waals surface area contributed by atoms with Crippen LogP contribution in [0.25, 0.3) is 0 Å². The molecule has 6 heteroatoms. The molecule has 0 radical (unpaired) electrons. The van der Waals surface area contributed by atoms with Crippen LogP contribution in [0.1, 0.15) is 48.4 Å². The smallest absolute Gasteiger partial charge is 0.0898 e. The number of rotatable bonds is 7. The van der Waals surface area contributed by atoms with E-state index in [9.17, 15) is 0 Å². The molecule has 2 rings (SSSR count). The number of aryl methyl sites for hydroxylation is 3. The SMILES string of the molecule is CCCNC(Cc1c(Cl)c(C)nn1CC)c1csc(C)n1. The fraction of sp³-hybridized carbons (Fsp3) is 0.600. The molecule has 0 saturated carbocycles. The quantitative estimate of drug-likeness (QED) is 0.838. The molecule has 0 bridgehead atoms. The summed E-state index contributed by atoms with van der Waals surface area (Å²) in [5.41, 5.74) is 3.09. The van der Waals surface area contributed by atoms with Crippen LogP contribution in [0.5, 0.6) is 0 Å². The molecule has 2 aromatic heterocycles. The van der Waals surface area contributed by atoms with Crippen molar-refractivity contribution in [1.82, 2.24) is 20.1 Å². The fourth-order valence-electron chi connectivity index (χ4n) is 2.40. The molecular weight excluding hydrogens is 304 g/mol. The van der Waals surface area contributed by atoms with Crippen LogP contribution in [0.3, 0.4) is 0 Å². The van der Waals surface area contributed by atoms with E-state index in [0.717, 1.165) is 53.0 Å². The first-order valence-corrected chi connectivity index (χ1v) is 8.69. The molecule has 0 aliphatic rings. The van der Waals surface area contributed by atoms with E-state index in [-0.39, 0.29) is 6.04 Å². The summed E-state index contributed by atoms with van der Waals surface area (Å²) < 4.78 is 2.00. The second-order valence-electron chi connectivity index (χ2n) is 5.16. The first-order chi connectivity index (χ1) is 10.1. The molecule has 0 aromatic carbocycles. The normalized spacial score (nSPS) is 12.8. The molecule has 0 spiro atoms. The molecule has 1 unspecified atom stereocenters. The predicted octanol–water partition coefficient (Wildman–Crippen LogP) is 3.91. The third kappa shape index (κ3) is 3.84. The summed E-state index contributed by atoms with van der Waals surface area (Å²) in [6.07, 6.45) is 1.91. The molecule has 0 aliphatic carbocycles. The lowest BCUT2D eigenvalue weighted by molar-refractivity contribution is 0.495. The Bertz CT molecular complexity index is 591. The zero-order valence-electron chi connectivity index (χ0n) is 13.1. The van der Waals surface area contributed by atoms with E-state index in [1.807, 2.05) is 18.5 Å². The van der Waals surface area contributed by atoms with Gasteiger partial charge in [0.2, 0.25) is 0 Å². The number of thiazole rings is 1. The Morgan fingerprint density at radius 1 is 1.38 bits per heavy atom. The van der Waals surface area contributed by atoms with Gasteiger partial charge in [0, 0.05) is 18.3 Å². The van der Waals surface area contributed by atoms with Crippen molar-refractivity contribution in [3.05, 3.63) is 32.5 Å². The lowest BCUT2D eigenvalue weighted by atomic mass is 10.1. The zero-order valence-corrected chi connectivity index (χ0v) is 14.7. The molecule has 2 aromatic rings. The van der Waals surface area contributed by atoms with E-state index in [4.69, 9.17) is 11.6 Å². The Morgan fingerprint density at radius 3 is 2.71 bits per heavy atom. The van der Waals surface area contributed by atoms with Gasteiger partial charge >= 0.3 is 0 Å². The fourth-order valence-corrected chi connectivity index (χ4v) is 3.28. The number of nitrogens with one attached hydrogen (secondary N) is 1. The maximum absolute atomic E-state index is 6.43. The Labute approximate surface area is 135 Å². The van der Waals surface area contributed by atoms with Gasteiger partial charge in [-0.2, -0.15) is 5.10 Å². The zero-order chi connectivity index (χ0) is 15.4. The third-order valence-corrected chi connectivity index (χ3v) is 4.77. The minimum absolute atomic E-state index is 0.189. The van der Waals surface area contributed by atoms with Crippen LogP contribution in [-0.4, -0.2) is 21.3 Å². The van der Waals surface area contributed by atoms with Crippen LogP contribution in [0.15, 0.2) is 5.38 Å². The molecule has 0 saturated heterocycles. The summed E-state index contributed by atoms with van der Waals surface area (Å²) in [6.45, 7) is 10.1. The summed E-state index contributed by atoms with van der Waals surface area (Å²) >= 11 is 8.12. The van der Waals surface area contributed by atoms with Crippen molar-refractivity contribution in [2.24, 2.45) is 0 Å². The second kappa shape index (κ2) is 7.38. The van der Waals surface area contributed by atoms with Crippen LogP contribution in [0.4, 0.5) is 0 Å². The van der Waals surface area contributed by atoms with Gasteiger partial charge in [-0.05, 0) is 33.7 Å². The van der Waals surface area contributed by atoms with Crippen molar-refractivity contribution < 1.29 is 0 Å². The molecular formula is C15H23ClN4S. The maximum Gasteiger partial charge on any atom is 0.0898 e. The molecule has 21 heavy (non-hydrogen) atoms. The van der Waals surface area contributed by atoms with Gasteiger partial charge in [0.15, 0.2) is 0 Å². The summed E-state index contributed by atoms with van der Waals surface area (Å²) in [5.74, 6) is 0. The number of hydrogen-bond donors (Lipinski definition) is 1. The summed E-state index contributed by atoms with van der Waals surface area (Å²) in [6, 6.07) is 0.189. The average Bonchev–Trinajstić information content (AvgIpc) is 3.01. The summed E-state index contributed by atoms with van der Waals surface area (Å²) in [5, 5.41) is 12.1.